The number of piperazine rings is 3. The Bertz CT molecular complexity index is 8100. The maximum absolute atomic E-state index is 16.9. The second-order valence-electron chi connectivity index (χ2n) is 39.2. The molecule has 3 fully saturated rings. The van der Waals surface area contributed by atoms with Crippen molar-refractivity contribution in [1.82, 2.24) is 77.0 Å². The highest BCUT2D eigenvalue weighted by Crippen LogP contribution is 2.52. The number of carbonyl (C=O) groups is 3. The van der Waals surface area contributed by atoms with Crippen LogP contribution >= 0.6 is 23.2 Å². The molecular formula is C107H109Cl2F3N20O10. The molecule has 6 aliphatic heterocycles. The first-order valence-electron chi connectivity index (χ1n) is 47.5. The smallest absolute Gasteiger partial charge is 0.326 e. The monoisotopic (exact) mass is 1960 g/mol. The van der Waals surface area contributed by atoms with Crippen molar-refractivity contribution in [3.05, 3.63) is 275 Å². The molecule has 15 aromatic rings. The maximum atomic E-state index is 16.9. The van der Waals surface area contributed by atoms with Crippen molar-refractivity contribution in [3.63, 3.8) is 0 Å². The first-order valence-corrected chi connectivity index (χ1v) is 48.3. The van der Waals surface area contributed by atoms with E-state index in [1.807, 2.05) is 139 Å². The highest BCUT2D eigenvalue weighted by atomic mass is 35.5. The molecule has 6 unspecified atom stereocenters. The second-order valence-corrected chi connectivity index (χ2v) is 39.9. The van der Waals surface area contributed by atoms with Gasteiger partial charge in [-0.05, 0) is 186 Å². The third-order valence-electron chi connectivity index (χ3n) is 29.2. The van der Waals surface area contributed by atoms with Crippen LogP contribution in [0.15, 0.2) is 158 Å². The first-order chi connectivity index (χ1) is 67.6. The van der Waals surface area contributed by atoms with E-state index >= 15 is 13.2 Å². The van der Waals surface area contributed by atoms with Gasteiger partial charge in [0.05, 0.1) is 124 Å². The van der Waals surface area contributed by atoms with Gasteiger partial charge < -0.3 is 54.4 Å². The summed E-state index contributed by atoms with van der Waals surface area (Å²) in [6.07, 6.45) is 9.48. The van der Waals surface area contributed by atoms with Gasteiger partial charge in [0.15, 0.2) is 0 Å². The van der Waals surface area contributed by atoms with E-state index in [1.165, 1.54) is 54.7 Å². The number of benzene rings is 5. The van der Waals surface area contributed by atoms with Gasteiger partial charge in [-0.1, -0.05) is 103 Å². The number of fused-ring (bicyclic) bond motifs is 18. The average molecular weight is 1960 g/mol. The predicted molar refractivity (Wildman–Crippen MR) is 553 cm³/mol. The molecule has 0 radical (unpaired) electrons. The van der Waals surface area contributed by atoms with Gasteiger partial charge in [0.25, 0.3) is 16.7 Å². The lowest BCUT2D eigenvalue weighted by Crippen LogP contribution is -2.62. The van der Waals surface area contributed by atoms with E-state index in [0.717, 1.165) is 27.9 Å². The number of anilines is 4. The summed E-state index contributed by atoms with van der Waals surface area (Å²) >= 11 is 14.8. The SMILES string of the molecule is C=CC(=O)N1CC2CNc3c(c4cc(F)c(-c5c(C)ccc6[nH]c(=O)n(C)c56)c(Cl)c4n(-c4c(C)ccnc4C(C)C)c3=O)N2CC1C.C=CC(=O)N1CC2COc3c(c4cc(F)c(-c5c(C)ccc6[nH]c(=O)n(C)c56)c(Cl)c4n(-c4c(C)ccnc4C(C)C)c3=O)N2CC1C.C=CC(=O)N1CC2Cc3c(c4cc(F)c(-c5c(C)ccc6[nH]c(=O)n(C)c56)nc4n(-c4c(C)ccnc4C(C)C)c3=O)N2CC1C. The summed E-state index contributed by atoms with van der Waals surface area (Å²) < 4.78 is 65.8. The number of rotatable bonds is 12. The number of pyridine rings is 7. The predicted octanol–water partition coefficient (Wildman–Crippen LogP) is 16.2. The second kappa shape index (κ2) is 36.0. The number of halogens is 5. The van der Waals surface area contributed by atoms with Crippen LogP contribution in [-0.4, -0.2) is 183 Å². The van der Waals surface area contributed by atoms with Gasteiger partial charge in [-0.3, -0.25) is 71.1 Å². The molecule has 142 heavy (non-hydrogen) atoms. The van der Waals surface area contributed by atoms with E-state index in [1.54, 1.807) is 87.8 Å². The molecule has 21 rings (SSSR count). The van der Waals surface area contributed by atoms with Gasteiger partial charge in [-0.2, -0.15) is 0 Å². The number of imidazole rings is 3. The summed E-state index contributed by atoms with van der Waals surface area (Å²) in [5, 5.41) is 4.77. The van der Waals surface area contributed by atoms with Crippen LogP contribution in [0, 0.1) is 59.0 Å². The zero-order chi connectivity index (χ0) is 101. The number of carbonyl (C=O) groups excluding carboxylic acids is 3. The number of amides is 3. The molecule has 16 heterocycles. The lowest BCUT2D eigenvalue weighted by molar-refractivity contribution is -0.129. The Labute approximate surface area is 823 Å². The molecule has 0 bridgehead atoms. The van der Waals surface area contributed by atoms with Crippen LogP contribution in [0.25, 0.3) is 117 Å². The molecule has 30 nitrogen and oxygen atoms in total. The van der Waals surface area contributed by atoms with E-state index < -0.39 is 23.0 Å². The Kier molecular flexibility index (Phi) is 24.4. The van der Waals surface area contributed by atoms with Gasteiger partial charge in [0, 0.05) is 160 Å². The third kappa shape index (κ3) is 15.0. The number of nitrogens with one attached hydrogen (secondary N) is 4. The zero-order valence-electron chi connectivity index (χ0n) is 82.2. The Morgan fingerprint density at radius 3 is 1.25 bits per heavy atom. The Morgan fingerprint density at radius 1 is 0.437 bits per heavy atom. The zero-order valence-corrected chi connectivity index (χ0v) is 83.7. The molecule has 6 atom stereocenters. The number of aryl methyl sites for hydroxylation is 9. The molecule has 4 N–H and O–H groups in total. The number of nitrogens with zero attached hydrogens (tertiary/aromatic N) is 16. The number of hydrogen-bond donors (Lipinski definition) is 4. The van der Waals surface area contributed by atoms with Crippen LogP contribution < -0.4 is 58.5 Å². The average Bonchev–Trinajstić information content (AvgIpc) is 0.741. The van der Waals surface area contributed by atoms with Gasteiger partial charge in [-0.15, -0.1) is 0 Å². The molecule has 3 saturated heterocycles. The minimum Gasteiger partial charge on any atom is -0.484 e. The number of H-pyrrole nitrogens is 3. The van der Waals surface area contributed by atoms with Gasteiger partial charge >= 0.3 is 17.1 Å². The van der Waals surface area contributed by atoms with Crippen LogP contribution in [0.2, 0.25) is 10.0 Å². The molecule has 5 aromatic carbocycles. The number of aromatic amines is 3. The van der Waals surface area contributed by atoms with Crippen molar-refractivity contribution in [2.24, 2.45) is 21.1 Å². The standard InChI is InChI=1S/C36H37ClFN7O3.C36H36ClFN6O4.C35H36FN7O3/c1-8-25(46)43-16-21-14-40-30-33(44(21)15-20(43)6)22-13-23(38)27(26-18(4)9-10-24-34(26)42(7)36(48)41-24)28(37)32(22)45(35(30)47)31-19(5)11-12-39-29(31)17(2)3;1-8-25(45)42-15-21-16-48-34-32(43(21)14-20(42)6)22-13-23(38)27(26-18(4)9-10-24-33(26)41(7)36(47)40-24)28(37)31(22)44(35(34)46)30-19(5)11-12-39-29(30)17(2)3;1-8-26(44)41-16-21-13-23-31(42(21)15-20(41)6)22-14-24(36)29(27-18(4)9-10-25-32(27)40(7)35(46)38-25)39-33(22)43(34(23)45)30-19(5)11-12-37-28(30)17(2)3/h8-13,17,20-21,40H,1,14-16H2,2-7H3,(H,41,48);8-13,17,20-21H,1,14-16H2,2-7H3,(H,40,47);8-12,14,17,20-21H,1,13,15-16H2,2-7H3,(H,38,46). The van der Waals surface area contributed by atoms with E-state index in [4.69, 9.17) is 32.9 Å². The van der Waals surface area contributed by atoms with Crippen LogP contribution in [-0.2, 0) is 41.9 Å². The summed E-state index contributed by atoms with van der Waals surface area (Å²) in [4.78, 5) is 160. The van der Waals surface area contributed by atoms with Crippen molar-refractivity contribution in [1.29, 1.82) is 0 Å². The van der Waals surface area contributed by atoms with Crippen molar-refractivity contribution >= 4 is 130 Å². The van der Waals surface area contributed by atoms with Crippen molar-refractivity contribution in [2.75, 3.05) is 72.4 Å². The van der Waals surface area contributed by atoms with Crippen LogP contribution in [0.1, 0.15) is 136 Å². The molecular weight excluding hydrogens is 1850 g/mol. The quantitative estimate of drug-likeness (QED) is 0.0826. The van der Waals surface area contributed by atoms with Crippen LogP contribution in [0.3, 0.4) is 0 Å². The fraction of sp³-hybridized carbons (Fsp3) is 0.336. The van der Waals surface area contributed by atoms with E-state index in [-0.39, 0.29) is 139 Å². The largest absolute Gasteiger partial charge is 0.484 e. The number of ether oxygens (including phenoxy) is 1. The molecule has 6 aliphatic rings. The van der Waals surface area contributed by atoms with E-state index in [2.05, 4.69) is 64.8 Å². The van der Waals surface area contributed by atoms with Crippen LogP contribution in [0.4, 0.5) is 35.9 Å². The summed E-state index contributed by atoms with van der Waals surface area (Å²) in [5.41, 5.74) is 14.7. The molecule has 0 saturated carbocycles. The Morgan fingerprint density at radius 2 is 0.817 bits per heavy atom. The third-order valence-corrected chi connectivity index (χ3v) is 30.0. The molecule has 0 aliphatic carbocycles. The highest BCUT2D eigenvalue weighted by molar-refractivity contribution is 6.40. The summed E-state index contributed by atoms with van der Waals surface area (Å²) in [6, 6.07) is 19.5. The van der Waals surface area contributed by atoms with Crippen LogP contribution in [0.5, 0.6) is 5.75 Å². The Balaban J connectivity index is 0.000000135. The molecule has 3 amide bonds. The summed E-state index contributed by atoms with van der Waals surface area (Å²) in [5.74, 6) is -2.32. The topological polar surface area (TPSA) is 323 Å². The Hall–Kier alpha value is -14.9. The van der Waals surface area contributed by atoms with Gasteiger partial charge in [-0.25, -0.2) is 32.5 Å². The van der Waals surface area contributed by atoms with Gasteiger partial charge in [0.1, 0.15) is 41.1 Å². The minimum atomic E-state index is -0.619. The molecule has 0 spiro atoms. The van der Waals surface area contributed by atoms with Crippen molar-refractivity contribution < 1.29 is 32.3 Å². The highest BCUT2D eigenvalue weighted by Gasteiger charge is 2.47. The summed E-state index contributed by atoms with van der Waals surface area (Å²) in [6.45, 7) is 43.1. The van der Waals surface area contributed by atoms with Crippen molar-refractivity contribution in [2.45, 2.75) is 164 Å². The van der Waals surface area contributed by atoms with E-state index in [0.29, 0.717) is 203 Å². The maximum Gasteiger partial charge on any atom is 0.326 e. The first kappa shape index (κ1) is 96.0. The molecule has 35 heteroatoms. The number of aromatic nitrogens is 13. The minimum absolute atomic E-state index is 0.0129. The lowest BCUT2D eigenvalue weighted by Gasteiger charge is -2.49. The number of hydrogen-bond acceptors (Lipinski definition) is 18. The van der Waals surface area contributed by atoms with E-state index in [9.17, 15) is 43.2 Å². The normalized spacial score (nSPS) is 17.6. The lowest BCUT2D eigenvalue weighted by atomic mass is 9.94. The van der Waals surface area contributed by atoms with Gasteiger partial charge in [0.2, 0.25) is 23.5 Å². The molecule has 10 aromatic heterocycles. The molecule has 732 valence electrons. The fourth-order valence-corrected chi connectivity index (χ4v) is 23.1. The van der Waals surface area contributed by atoms with Crippen molar-refractivity contribution in [3.8, 4) is 56.3 Å². The summed E-state index contributed by atoms with van der Waals surface area (Å²) in [7, 11) is 4.88. The fourth-order valence-electron chi connectivity index (χ4n) is 22.3.